The molecule has 0 aliphatic carbocycles. The first kappa shape index (κ1) is 14.9. The van der Waals surface area contributed by atoms with Crippen LogP contribution in [0, 0.1) is 0 Å². The van der Waals surface area contributed by atoms with Crippen LogP contribution < -0.4 is 11.2 Å². The van der Waals surface area contributed by atoms with Crippen molar-refractivity contribution in [2.45, 2.75) is 24.5 Å². The average molecular weight is 312 g/mol. The first-order valence-electron chi connectivity index (χ1n) is 6.63. The van der Waals surface area contributed by atoms with Crippen molar-refractivity contribution in [1.29, 1.82) is 0 Å². The Balaban J connectivity index is 2.22. The zero-order chi connectivity index (χ0) is 16.2. The number of aromatic nitrogens is 4. The van der Waals surface area contributed by atoms with Gasteiger partial charge in [-0.3, -0.25) is 18.5 Å². The highest BCUT2D eigenvalue weighted by Gasteiger charge is 2.44. The number of aryl methyl sites for hydroxylation is 1. The van der Waals surface area contributed by atoms with Crippen LogP contribution in [-0.4, -0.2) is 58.9 Å². The minimum absolute atomic E-state index is 0.0689. The lowest BCUT2D eigenvalue weighted by Gasteiger charge is -2.17. The molecule has 0 unspecified atom stereocenters. The highest BCUT2D eigenvalue weighted by molar-refractivity contribution is 5.70. The van der Waals surface area contributed by atoms with Crippen LogP contribution in [0.2, 0.25) is 0 Å². The van der Waals surface area contributed by atoms with Crippen molar-refractivity contribution in [2.75, 3.05) is 6.61 Å². The Morgan fingerprint density at radius 3 is 2.50 bits per heavy atom. The van der Waals surface area contributed by atoms with E-state index in [-0.39, 0.29) is 11.2 Å². The zero-order valence-electron chi connectivity index (χ0n) is 11.9. The summed E-state index contributed by atoms with van der Waals surface area (Å²) in [5, 5.41) is 29.0. The predicted molar refractivity (Wildman–Crippen MR) is 73.2 cm³/mol. The Labute approximate surface area is 123 Å². The van der Waals surface area contributed by atoms with E-state index in [0.29, 0.717) is 0 Å². The second-order valence-corrected chi connectivity index (χ2v) is 5.26. The number of aliphatic hydroxyl groups excluding tert-OH is 3. The molecule has 120 valence electrons. The molecule has 0 saturated carbocycles. The summed E-state index contributed by atoms with van der Waals surface area (Å²) >= 11 is 0. The SMILES string of the molecule is Cn1c(=O)c2c(ncn2[C@@H]2O[C@@H](CO)[C@@H](O)[C@H]2O)n(C)c1=O. The number of fused-ring (bicyclic) bond motifs is 1. The summed E-state index contributed by atoms with van der Waals surface area (Å²) in [5.41, 5.74) is -0.900. The van der Waals surface area contributed by atoms with Gasteiger partial charge in [0.05, 0.1) is 12.9 Å². The van der Waals surface area contributed by atoms with Crippen LogP contribution in [0.1, 0.15) is 6.23 Å². The number of ether oxygens (including phenoxy) is 1. The highest BCUT2D eigenvalue weighted by Crippen LogP contribution is 2.30. The molecule has 3 rings (SSSR count). The summed E-state index contributed by atoms with van der Waals surface area (Å²) in [4.78, 5) is 28.2. The predicted octanol–water partition coefficient (Wildman–Crippen LogP) is -2.95. The lowest BCUT2D eigenvalue weighted by molar-refractivity contribution is -0.0509. The van der Waals surface area contributed by atoms with Crippen molar-refractivity contribution >= 4 is 11.2 Å². The molecule has 3 heterocycles. The minimum Gasteiger partial charge on any atom is -0.394 e. The number of aliphatic hydroxyl groups is 3. The topological polar surface area (TPSA) is 132 Å². The Morgan fingerprint density at radius 2 is 1.91 bits per heavy atom. The molecule has 3 N–H and O–H groups in total. The molecular formula is C12H16N4O6. The molecule has 1 aliphatic heterocycles. The maximum atomic E-state index is 12.3. The maximum Gasteiger partial charge on any atom is 0.332 e. The molecule has 0 amide bonds. The van der Waals surface area contributed by atoms with Gasteiger partial charge in [-0.05, 0) is 0 Å². The summed E-state index contributed by atoms with van der Waals surface area (Å²) in [6.45, 7) is -0.474. The van der Waals surface area contributed by atoms with E-state index in [4.69, 9.17) is 9.84 Å². The van der Waals surface area contributed by atoms with Gasteiger partial charge in [0.25, 0.3) is 5.56 Å². The van der Waals surface area contributed by atoms with Crippen LogP contribution in [0.25, 0.3) is 11.2 Å². The molecule has 1 saturated heterocycles. The van der Waals surface area contributed by atoms with Crippen molar-refractivity contribution in [3.8, 4) is 0 Å². The number of nitrogens with zero attached hydrogens (tertiary/aromatic N) is 4. The number of rotatable bonds is 2. The van der Waals surface area contributed by atoms with Crippen molar-refractivity contribution in [2.24, 2.45) is 14.1 Å². The fourth-order valence-electron chi connectivity index (χ4n) is 2.67. The van der Waals surface area contributed by atoms with Gasteiger partial charge in [-0.1, -0.05) is 0 Å². The quantitative estimate of drug-likeness (QED) is 0.540. The normalized spacial score (nSPS) is 28.6. The van der Waals surface area contributed by atoms with E-state index < -0.39 is 42.4 Å². The van der Waals surface area contributed by atoms with Crippen molar-refractivity contribution in [3.05, 3.63) is 27.2 Å². The second-order valence-electron chi connectivity index (χ2n) is 5.26. The van der Waals surface area contributed by atoms with Crippen LogP contribution in [0.15, 0.2) is 15.9 Å². The van der Waals surface area contributed by atoms with E-state index in [1.165, 1.54) is 29.6 Å². The standard InChI is InChI=1S/C12H16N4O6/c1-14-9-6(10(20)15(2)12(14)21)16(4-13-9)11-8(19)7(18)5(3-17)22-11/h4-5,7-8,11,17-19H,3H2,1-2H3/t5-,7+,8+,11+/m0/s1. The van der Waals surface area contributed by atoms with E-state index in [9.17, 15) is 19.8 Å². The molecule has 22 heavy (non-hydrogen) atoms. The van der Waals surface area contributed by atoms with Gasteiger partial charge in [-0.25, -0.2) is 9.78 Å². The summed E-state index contributed by atoms with van der Waals surface area (Å²) in [7, 11) is 2.80. The highest BCUT2D eigenvalue weighted by atomic mass is 16.6. The molecule has 2 aromatic rings. The van der Waals surface area contributed by atoms with Crippen molar-refractivity contribution in [3.63, 3.8) is 0 Å². The van der Waals surface area contributed by atoms with E-state index >= 15 is 0 Å². The largest absolute Gasteiger partial charge is 0.394 e. The van der Waals surface area contributed by atoms with Crippen LogP contribution in [0.5, 0.6) is 0 Å². The second kappa shape index (κ2) is 5.02. The maximum absolute atomic E-state index is 12.3. The number of hydrogen-bond donors (Lipinski definition) is 3. The Hall–Kier alpha value is -2.01. The molecule has 0 aromatic carbocycles. The Kier molecular flexibility index (Phi) is 3.40. The third-order valence-electron chi connectivity index (χ3n) is 3.96. The van der Waals surface area contributed by atoms with Gasteiger partial charge in [-0.15, -0.1) is 0 Å². The van der Waals surface area contributed by atoms with Gasteiger partial charge >= 0.3 is 5.69 Å². The molecule has 1 fully saturated rings. The van der Waals surface area contributed by atoms with Crippen LogP contribution in [0.3, 0.4) is 0 Å². The Morgan fingerprint density at radius 1 is 1.23 bits per heavy atom. The van der Waals surface area contributed by atoms with Crippen molar-refractivity contribution in [1.82, 2.24) is 18.7 Å². The first-order valence-corrected chi connectivity index (χ1v) is 6.63. The van der Waals surface area contributed by atoms with Gasteiger partial charge in [0.2, 0.25) is 0 Å². The van der Waals surface area contributed by atoms with Gasteiger partial charge in [0, 0.05) is 14.1 Å². The molecule has 10 heteroatoms. The lowest BCUT2D eigenvalue weighted by atomic mass is 10.1. The molecule has 4 atom stereocenters. The van der Waals surface area contributed by atoms with Gasteiger partial charge < -0.3 is 20.1 Å². The van der Waals surface area contributed by atoms with Crippen LogP contribution in [0.4, 0.5) is 0 Å². The fourth-order valence-corrected chi connectivity index (χ4v) is 2.67. The zero-order valence-corrected chi connectivity index (χ0v) is 11.9. The van der Waals surface area contributed by atoms with Crippen LogP contribution >= 0.6 is 0 Å². The minimum atomic E-state index is -1.34. The summed E-state index contributed by atoms with van der Waals surface area (Å²) in [6.07, 6.45) is -3.41. The van der Waals surface area contributed by atoms with E-state index in [0.717, 1.165) is 4.57 Å². The van der Waals surface area contributed by atoms with Gasteiger partial charge in [-0.2, -0.15) is 0 Å². The number of imidazole rings is 1. The van der Waals surface area contributed by atoms with Gasteiger partial charge in [0.1, 0.15) is 18.3 Å². The van der Waals surface area contributed by atoms with Crippen LogP contribution in [-0.2, 0) is 18.8 Å². The Bertz CT molecular complexity index is 836. The monoisotopic (exact) mass is 312 g/mol. The molecule has 10 nitrogen and oxygen atoms in total. The summed E-state index contributed by atoms with van der Waals surface area (Å²) in [6, 6.07) is 0. The molecule has 0 spiro atoms. The summed E-state index contributed by atoms with van der Waals surface area (Å²) < 4.78 is 8.78. The molecule has 1 aliphatic rings. The van der Waals surface area contributed by atoms with E-state index in [1.807, 2.05) is 0 Å². The molecular weight excluding hydrogens is 296 g/mol. The summed E-state index contributed by atoms with van der Waals surface area (Å²) in [5.74, 6) is 0. The third kappa shape index (κ3) is 1.85. The molecule has 0 radical (unpaired) electrons. The van der Waals surface area contributed by atoms with E-state index in [1.54, 1.807) is 0 Å². The average Bonchev–Trinajstić information content (AvgIpc) is 3.06. The van der Waals surface area contributed by atoms with Gasteiger partial charge in [0.15, 0.2) is 17.4 Å². The molecule has 0 bridgehead atoms. The van der Waals surface area contributed by atoms with E-state index in [2.05, 4.69) is 4.98 Å². The fraction of sp³-hybridized carbons (Fsp3) is 0.583. The molecule has 2 aromatic heterocycles. The van der Waals surface area contributed by atoms with Crippen molar-refractivity contribution < 1.29 is 20.1 Å². The smallest absolute Gasteiger partial charge is 0.332 e. The third-order valence-corrected chi connectivity index (χ3v) is 3.96. The first-order chi connectivity index (χ1) is 10.4. The number of hydrogen-bond acceptors (Lipinski definition) is 7. The lowest BCUT2D eigenvalue weighted by Crippen LogP contribution is -2.38.